The maximum atomic E-state index is 13.4. The second kappa shape index (κ2) is 9.57. The SMILES string of the molecule is CC(=O)c1ccccc1NC(=O)CSc1nnc(-c2ccc(F)cc2)n1-c1ccccc1. The summed E-state index contributed by atoms with van der Waals surface area (Å²) >= 11 is 1.22. The number of carbonyl (C=O) groups is 2. The van der Waals surface area contributed by atoms with Crippen LogP contribution in [0, 0.1) is 5.82 Å². The Hall–Kier alpha value is -3.78. The molecule has 0 unspecified atom stereocenters. The first-order chi connectivity index (χ1) is 15.5. The Morgan fingerprint density at radius 2 is 1.62 bits per heavy atom. The largest absolute Gasteiger partial charge is 0.325 e. The number of rotatable bonds is 7. The number of Topliss-reactive ketones (excluding diaryl/α,β-unsaturated/α-hetero) is 1. The zero-order chi connectivity index (χ0) is 22.5. The van der Waals surface area contributed by atoms with Gasteiger partial charge in [-0.1, -0.05) is 42.1 Å². The molecule has 4 rings (SSSR count). The van der Waals surface area contributed by atoms with Crippen molar-refractivity contribution in [3.8, 4) is 17.1 Å². The van der Waals surface area contributed by atoms with Crippen molar-refractivity contribution in [2.45, 2.75) is 12.1 Å². The molecule has 0 saturated heterocycles. The van der Waals surface area contributed by atoms with E-state index in [-0.39, 0.29) is 23.3 Å². The smallest absolute Gasteiger partial charge is 0.234 e. The number of aromatic nitrogens is 3. The second-order valence-electron chi connectivity index (χ2n) is 6.92. The van der Waals surface area contributed by atoms with Gasteiger partial charge >= 0.3 is 0 Å². The van der Waals surface area contributed by atoms with Gasteiger partial charge in [0.2, 0.25) is 5.91 Å². The maximum Gasteiger partial charge on any atom is 0.234 e. The van der Waals surface area contributed by atoms with E-state index in [1.807, 2.05) is 34.9 Å². The Kier molecular flexibility index (Phi) is 6.42. The Labute approximate surface area is 188 Å². The van der Waals surface area contributed by atoms with Gasteiger partial charge in [-0.05, 0) is 55.5 Å². The fourth-order valence-electron chi connectivity index (χ4n) is 3.17. The van der Waals surface area contributed by atoms with Gasteiger partial charge in [0.25, 0.3) is 0 Å². The molecule has 0 aliphatic heterocycles. The monoisotopic (exact) mass is 446 g/mol. The summed E-state index contributed by atoms with van der Waals surface area (Å²) in [5, 5.41) is 11.9. The lowest BCUT2D eigenvalue weighted by molar-refractivity contribution is -0.113. The fourth-order valence-corrected chi connectivity index (χ4v) is 3.93. The summed E-state index contributed by atoms with van der Waals surface area (Å²) in [6.07, 6.45) is 0. The average Bonchev–Trinajstić information content (AvgIpc) is 3.23. The number of para-hydroxylation sites is 2. The van der Waals surface area contributed by atoms with Crippen molar-refractivity contribution in [3.63, 3.8) is 0 Å². The Balaban J connectivity index is 1.58. The summed E-state index contributed by atoms with van der Waals surface area (Å²) in [4.78, 5) is 24.4. The molecule has 0 radical (unpaired) electrons. The summed E-state index contributed by atoms with van der Waals surface area (Å²) in [7, 11) is 0. The van der Waals surface area contributed by atoms with Gasteiger partial charge in [0, 0.05) is 16.8 Å². The van der Waals surface area contributed by atoms with Gasteiger partial charge in [-0.3, -0.25) is 14.2 Å². The number of hydrogen-bond acceptors (Lipinski definition) is 5. The van der Waals surface area contributed by atoms with Crippen molar-refractivity contribution in [1.29, 1.82) is 0 Å². The maximum absolute atomic E-state index is 13.4. The molecule has 3 aromatic carbocycles. The molecular formula is C24H19FN4O2S. The standard InChI is InChI=1S/C24H19FN4O2S/c1-16(30)20-9-5-6-10-21(20)26-22(31)15-32-24-28-27-23(17-11-13-18(25)14-12-17)29(24)19-7-3-2-4-8-19/h2-14H,15H2,1H3,(H,26,31). The predicted octanol–water partition coefficient (Wildman–Crippen LogP) is 5.01. The highest BCUT2D eigenvalue weighted by Crippen LogP contribution is 2.28. The number of nitrogens with one attached hydrogen (secondary N) is 1. The van der Waals surface area contributed by atoms with Crippen LogP contribution in [0.4, 0.5) is 10.1 Å². The van der Waals surface area contributed by atoms with E-state index in [2.05, 4.69) is 15.5 Å². The first-order valence-electron chi connectivity index (χ1n) is 9.82. The predicted molar refractivity (Wildman–Crippen MR) is 123 cm³/mol. The van der Waals surface area contributed by atoms with Crippen LogP contribution in [0.25, 0.3) is 17.1 Å². The minimum atomic E-state index is -0.336. The number of thioether (sulfide) groups is 1. The van der Waals surface area contributed by atoms with E-state index in [0.29, 0.717) is 27.8 Å². The average molecular weight is 447 g/mol. The van der Waals surface area contributed by atoms with Crippen LogP contribution in [-0.2, 0) is 4.79 Å². The molecule has 1 heterocycles. The summed E-state index contributed by atoms with van der Waals surface area (Å²) in [5.41, 5.74) is 2.45. The van der Waals surface area contributed by atoms with E-state index in [1.54, 1.807) is 36.4 Å². The molecule has 6 nitrogen and oxygen atoms in total. The van der Waals surface area contributed by atoms with E-state index >= 15 is 0 Å². The minimum absolute atomic E-state index is 0.0701. The van der Waals surface area contributed by atoms with E-state index < -0.39 is 0 Å². The lowest BCUT2D eigenvalue weighted by Crippen LogP contribution is -2.16. The second-order valence-corrected chi connectivity index (χ2v) is 7.87. The molecule has 1 N–H and O–H groups in total. The number of carbonyl (C=O) groups excluding carboxylic acids is 2. The van der Waals surface area contributed by atoms with Crippen molar-refractivity contribution >= 4 is 29.1 Å². The first kappa shape index (κ1) is 21.5. The summed E-state index contributed by atoms with van der Waals surface area (Å²) in [6.45, 7) is 1.46. The van der Waals surface area contributed by atoms with Crippen LogP contribution < -0.4 is 5.32 Å². The van der Waals surface area contributed by atoms with Crippen molar-refractivity contribution in [2.24, 2.45) is 0 Å². The molecule has 0 saturated carbocycles. The molecule has 160 valence electrons. The highest BCUT2D eigenvalue weighted by atomic mass is 32.2. The van der Waals surface area contributed by atoms with Crippen molar-refractivity contribution in [2.75, 3.05) is 11.1 Å². The number of amides is 1. The normalized spacial score (nSPS) is 10.7. The summed E-state index contributed by atoms with van der Waals surface area (Å²) in [6, 6.07) is 22.4. The zero-order valence-corrected chi connectivity index (χ0v) is 18.0. The fraction of sp³-hybridized carbons (Fsp3) is 0.0833. The van der Waals surface area contributed by atoms with E-state index in [4.69, 9.17) is 0 Å². The number of benzene rings is 3. The number of anilines is 1. The Bertz CT molecular complexity index is 1260. The van der Waals surface area contributed by atoms with Crippen LogP contribution in [0.3, 0.4) is 0 Å². The molecule has 0 fully saturated rings. The molecule has 32 heavy (non-hydrogen) atoms. The Morgan fingerprint density at radius 3 is 2.34 bits per heavy atom. The van der Waals surface area contributed by atoms with Crippen molar-refractivity contribution in [3.05, 3.63) is 90.2 Å². The number of nitrogens with zero attached hydrogens (tertiary/aromatic N) is 3. The molecule has 0 atom stereocenters. The topological polar surface area (TPSA) is 76.9 Å². The number of hydrogen-bond donors (Lipinski definition) is 1. The summed E-state index contributed by atoms with van der Waals surface area (Å²) < 4.78 is 15.2. The lowest BCUT2D eigenvalue weighted by atomic mass is 10.1. The van der Waals surface area contributed by atoms with Gasteiger partial charge in [0.1, 0.15) is 5.82 Å². The van der Waals surface area contributed by atoms with E-state index in [0.717, 1.165) is 5.69 Å². The third kappa shape index (κ3) is 4.76. The van der Waals surface area contributed by atoms with Crippen LogP contribution in [0.2, 0.25) is 0 Å². The van der Waals surface area contributed by atoms with Crippen LogP contribution in [0.15, 0.2) is 84.0 Å². The number of ketones is 1. The first-order valence-corrected chi connectivity index (χ1v) is 10.8. The highest BCUT2D eigenvalue weighted by molar-refractivity contribution is 7.99. The van der Waals surface area contributed by atoms with Gasteiger partial charge in [-0.2, -0.15) is 0 Å². The molecule has 0 aliphatic carbocycles. The number of halogens is 1. The molecule has 0 aliphatic rings. The molecule has 4 aromatic rings. The Morgan fingerprint density at radius 1 is 0.938 bits per heavy atom. The quantitative estimate of drug-likeness (QED) is 0.319. The van der Waals surface area contributed by atoms with Gasteiger partial charge in [-0.15, -0.1) is 10.2 Å². The van der Waals surface area contributed by atoms with E-state index in [9.17, 15) is 14.0 Å². The zero-order valence-electron chi connectivity index (χ0n) is 17.2. The van der Waals surface area contributed by atoms with Gasteiger partial charge < -0.3 is 5.32 Å². The van der Waals surface area contributed by atoms with Crippen molar-refractivity contribution < 1.29 is 14.0 Å². The van der Waals surface area contributed by atoms with Crippen molar-refractivity contribution in [1.82, 2.24) is 14.8 Å². The van der Waals surface area contributed by atoms with Crippen LogP contribution in [0.5, 0.6) is 0 Å². The van der Waals surface area contributed by atoms with Gasteiger partial charge in [0.05, 0.1) is 11.4 Å². The van der Waals surface area contributed by atoms with Gasteiger partial charge in [-0.25, -0.2) is 4.39 Å². The van der Waals surface area contributed by atoms with Crippen LogP contribution in [0.1, 0.15) is 17.3 Å². The van der Waals surface area contributed by atoms with Crippen LogP contribution in [-0.4, -0.2) is 32.2 Å². The molecular weight excluding hydrogens is 427 g/mol. The highest BCUT2D eigenvalue weighted by Gasteiger charge is 2.18. The molecule has 8 heteroatoms. The van der Waals surface area contributed by atoms with Crippen LogP contribution >= 0.6 is 11.8 Å². The molecule has 1 aromatic heterocycles. The van der Waals surface area contributed by atoms with E-state index in [1.165, 1.54) is 30.8 Å². The van der Waals surface area contributed by atoms with Gasteiger partial charge in [0.15, 0.2) is 16.8 Å². The summed E-state index contributed by atoms with van der Waals surface area (Å²) in [5.74, 6) is -0.116. The molecule has 0 bridgehead atoms. The molecule has 1 amide bonds. The molecule has 0 spiro atoms. The minimum Gasteiger partial charge on any atom is -0.325 e. The third-order valence-corrected chi connectivity index (χ3v) is 5.59. The lowest BCUT2D eigenvalue weighted by Gasteiger charge is -2.11. The third-order valence-electron chi connectivity index (χ3n) is 4.66.